The molecule has 0 aliphatic rings. The summed E-state index contributed by atoms with van der Waals surface area (Å²) in [4.78, 5) is 20.8. The Balaban J connectivity index is 1.48. The normalized spacial score (nSPS) is 10.7. The van der Waals surface area contributed by atoms with Gasteiger partial charge in [-0.2, -0.15) is 5.10 Å². The molecular formula is C17H13N5O3. The first-order valence-corrected chi connectivity index (χ1v) is 7.52. The molecular weight excluding hydrogens is 322 g/mol. The number of aromatic amines is 1. The molecule has 0 saturated carbocycles. The lowest BCUT2D eigenvalue weighted by molar-refractivity contribution is 0.0945. The van der Waals surface area contributed by atoms with Gasteiger partial charge in [-0.25, -0.2) is 4.98 Å². The number of carbonyl (C=O) groups excluding carboxylic acids is 1. The van der Waals surface area contributed by atoms with Gasteiger partial charge in [0.25, 0.3) is 5.91 Å². The summed E-state index contributed by atoms with van der Waals surface area (Å²) in [6, 6.07) is 8.73. The molecule has 0 saturated heterocycles. The molecule has 0 aliphatic carbocycles. The number of rotatable bonds is 5. The maximum atomic E-state index is 12.3. The Morgan fingerprint density at radius 2 is 1.84 bits per heavy atom. The average Bonchev–Trinajstić information content (AvgIpc) is 3.41. The van der Waals surface area contributed by atoms with Gasteiger partial charge in [-0.05, 0) is 24.3 Å². The molecule has 25 heavy (non-hydrogen) atoms. The van der Waals surface area contributed by atoms with Crippen molar-refractivity contribution in [2.45, 2.75) is 6.54 Å². The zero-order valence-corrected chi connectivity index (χ0v) is 13.0. The van der Waals surface area contributed by atoms with Crippen LogP contribution in [0.4, 0.5) is 0 Å². The first-order chi connectivity index (χ1) is 12.3. The summed E-state index contributed by atoms with van der Waals surface area (Å²) in [7, 11) is 0. The smallest absolute Gasteiger partial charge is 0.272 e. The molecule has 0 fully saturated rings. The molecule has 4 aromatic heterocycles. The fourth-order valence-electron chi connectivity index (χ4n) is 2.37. The number of furan rings is 2. The predicted octanol–water partition coefficient (Wildman–Crippen LogP) is 2.65. The highest BCUT2D eigenvalue weighted by Crippen LogP contribution is 2.20. The highest BCUT2D eigenvalue weighted by Gasteiger charge is 2.15. The molecule has 4 aromatic rings. The van der Waals surface area contributed by atoms with Crippen LogP contribution in [0.15, 0.2) is 64.1 Å². The van der Waals surface area contributed by atoms with Gasteiger partial charge < -0.3 is 14.2 Å². The van der Waals surface area contributed by atoms with E-state index in [0.717, 1.165) is 0 Å². The zero-order valence-electron chi connectivity index (χ0n) is 13.0. The Morgan fingerprint density at radius 3 is 2.60 bits per heavy atom. The van der Waals surface area contributed by atoms with Crippen LogP contribution in [-0.2, 0) is 6.54 Å². The standard InChI is InChI=1S/C17H13N5O3/c23-17(12-9-11(21-22-12)14-3-1-7-24-14)20-10-13-16(19-6-5-18-13)15-4-2-8-25-15/h1-9H,10H2,(H,20,23)(H,21,22). The van der Waals surface area contributed by atoms with Crippen LogP contribution in [-0.4, -0.2) is 26.1 Å². The quantitative estimate of drug-likeness (QED) is 0.580. The van der Waals surface area contributed by atoms with Gasteiger partial charge in [-0.15, -0.1) is 0 Å². The lowest BCUT2D eigenvalue weighted by Crippen LogP contribution is -2.24. The summed E-state index contributed by atoms with van der Waals surface area (Å²) in [6.07, 6.45) is 6.26. The van der Waals surface area contributed by atoms with E-state index in [2.05, 4.69) is 25.5 Å². The summed E-state index contributed by atoms with van der Waals surface area (Å²) in [5, 5.41) is 9.56. The third-order valence-corrected chi connectivity index (χ3v) is 3.54. The Labute approximate surface area is 141 Å². The summed E-state index contributed by atoms with van der Waals surface area (Å²) >= 11 is 0. The fraction of sp³-hybridized carbons (Fsp3) is 0.0588. The maximum Gasteiger partial charge on any atom is 0.272 e. The van der Waals surface area contributed by atoms with Gasteiger partial charge >= 0.3 is 0 Å². The van der Waals surface area contributed by atoms with E-state index in [1.807, 2.05) is 0 Å². The molecule has 0 radical (unpaired) electrons. The Bertz CT molecular complexity index is 974. The maximum absolute atomic E-state index is 12.3. The molecule has 124 valence electrons. The van der Waals surface area contributed by atoms with Crippen molar-refractivity contribution in [1.82, 2.24) is 25.5 Å². The van der Waals surface area contributed by atoms with Crippen molar-refractivity contribution in [3.05, 3.63) is 66.6 Å². The molecule has 0 unspecified atom stereocenters. The molecule has 1 amide bonds. The second-order valence-electron chi connectivity index (χ2n) is 5.16. The van der Waals surface area contributed by atoms with E-state index in [1.165, 1.54) is 0 Å². The summed E-state index contributed by atoms with van der Waals surface area (Å²) in [6.45, 7) is 0.200. The van der Waals surface area contributed by atoms with Crippen LogP contribution in [0.3, 0.4) is 0 Å². The number of nitrogens with one attached hydrogen (secondary N) is 2. The molecule has 8 heteroatoms. The first kappa shape index (κ1) is 14.9. The van der Waals surface area contributed by atoms with Crippen LogP contribution in [0, 0.1) is 0 Å². The third kappa shape index (κ3) is 3.05. The van der Waals surface area contributed by atoms with E-state index >= 15 is 0 Å². The van der Waals surface area contributed by atoms with E-state index in [9.17, 15) is 4.79 Å². The second kappa shape index (κ2) is 6.44. The number of hydrogen-bond donors (Lipinski definition) is 2. The van der Waals surface area contributed by atoms with Crippen molar-refractivity contribution in [3.8, 4) is 22.9 Å². The van der Waals surface area contributed by atoms with Crippen molar-refractivity contribution in [1.29, 1.82) is 0 Å². The number of amides is 1. The average molecular weight is 335 g/mol. The Hall–Kier alpha value is -3.68. The number of carbonyl (C=O) groups is 1. The van der Waals surface area contributed by atoms with E-state index in [4.69, 9.17) is 8.83 Å². The van der Waals surface area contributed by atoms with Crippen LogP contribution >= 0.6 is 0 Å². The largest absolute Gasteiger partial charge is 0.463 e. The van der Waals surface area contributed by atoms with Crippen molar-refractivity contribution >= 4 is 5.91 Å². The van der Waals surface area contributed by atoms with Gasteiger partial charge in [0, 0.05) is 18.5 Å². The SMILES string of the molecule is O=C(NCc1nccnc1-c1ccco1)c1cc(-c2ccco2)[nH]n1. The van der Waals surface area contributed by atoms with Crippen LogP contribution < -0.4 is 5.32 Å². The molecule has 0 spiro atoms. The summed E-state index contributed by atoms with van der Waals surface area (Å²) in [5.41, 5.74) is 2.08. The van der Waals surface area contributed by atoms with Crippen LogP contribution in [0.1, 0.15) is 16.2 Å². The van der Waals surface area contributed by atoms with Crippen LogP contribution in [0.5, 0.6) is 0 Å². The molecule has 0 aliphatic heterocycles. The van der Waals surface area contributed by atoms with Gasteiger partial charge in [-0.1, -0.05) is 0 Å². The summed E-state index contributed by atoms with van der Waals surface area (Å²) in [5.74, 6) is 0.878. The minimum atomic E-state index is -0.329. The number of H-pyrrole nitrogens is 1. The Morgan fingerprint density at radius 1 is 1.08 bits per heavy atom. The molecule has 8 nitrogen and oxygen atoms in total. The zero-order chi connectivity index (χ0) is 17.1. The van der Waals surface area contributed by atoms with E-state index in [0.29, 0.717) is 28.6 Å². The fourth-order valence-corrected chi connectivity index (χ4v) is 2.37. The number of hydrogen-bond acceptors (Lipinski definition) is 6. The van der Waals surface area contributed by atoms with Crippen molar-refractivity contribution in [3.63, 3.8) is 0 Å². The molecule has 4 rings (SSSR count). The van der Waals surface area contributed by atoms with Gasteiger partial charge in [0.1, 0.15) is 11.4 Å². The van der Waals surface area contributed by atoms with Gasteiger partial charge in [0.2, 0.25) is 0 Å². The highest BCUT2D eigenvalue weighted by molar-refractivity contribution is 5.93. The highest BCUT2D eigenvalue weighted by atomic mass is 16.3. The number of nitrogens with zero attached hydrogens (tertiary/aromatic N) is 3. The van der Waals surface area contributed by atoms with E-state index in [1.54, 1.807) is 55.3 Å². The van der Waals surface area contributed by atoms with Crippen molar-refractivity contribution < 1.29 is 13.6 Å². The minimum Gasteiger partial charge on any atom is -0.463 e. The molecule has 0 aromatic carbocycles. The lowest BCUT2D eigenvalue weighted by Gasteiger charge is -2.06. The van der Waals surface area contributed by atoms with Crippen LogP contribution in [0.2, 0.25) is 0 Å². The van der Waals surface area contributed by atoms with Gasteiger partial charge in [0.05, 0.1) is 24.8 Å². The molecule has 0 atom stereocenters. The summed E-state index contributed by atoms with van der Waals surface area (Å²) < 4.78 is 10.6. The van der Waals surface area contributed by atoms with E-state index < -0.39 is 0 Å². The number of aromatic nitrogens is 4. The predicted molar refractivity (Wildman–Crippen MR) is 87.2 cm³/mol. The third-order valence-electron chi connectivity index (χ3n) is 3.54. The monoisotopic (exact) mass is 335 g/mol. The van der Waals surface area contributed by atoms with Crippen molar-refractivity contribution in [2.75, 3.05) is 0 Å². The van der Waals surface area contributed by atoms with Crippen molar-refractivity contribution in [2.24, 2.45) is 0 Å². The Kier molecular flexibility index (Phi) is 3.83. The van der Waals surface area contributed by atoms with E-state index in [-0.39, 0.29) is 18.1 Å². The lowest BCUT2D eigenvalue weighted by atomic mass is 10.2. The van der Waals surface area contributed by atoms with Crippen LogP contribution in [0.25, 0.3) is 22.9 Å². The van der Waals surface area contributed by atoms with Gasteiger partial charge in [0.15, 0.2) is 17.2 Å². The second-order valence-corrected chi connectivity index (χ2v) is 5.16. The van der Waals surface area contributed by atoms with Gasteiger partial charge in [-0.3, -0.25) is 14.9 Å². The molecule has 2 N–H and O–H groups in total. The first-order valence-electron chi connectivity index (χ1n) is 7.52. The molecule has 4 heterocycles. The minimum absolute atomic E-state index is 0.200. The molecule has 0 bridgehead atoms. The topological polar surface area (TPSA) is 110 Å².